The molecule has 5 heteroatoms. The highest BCUT2D eigenvalue weighted by Crippen LogP contribution is 2.21. The maximum atomic E-state index is 11.4. The van der Waals surface area contributed by atoms with Crippen LogP contribution in [0.2, 0.25) is 0 Å². The second-order valence-electron chi connectivity index (χ2n) is 4.05. The monoisotopic (exact) mass is 248 g/mol. The van der Waals surface area contributed by atoms with Crippen LogP contribution in [0.15, 0.2) is 30.4 Å². The van der Waals surface area contributed by atoms with E-state index in [9.17, 15) is 9.59 Å². The van der Waals surface area contributed by atoms with E-state index in [1.54, 1.807) is 6.07 Å². The molecule has 0 saturated heterocycles. The van der Waals surface area contributed by atoms with Crippen molar-refractivity contribution in [1.29, 1.82) is 0 Å². The molecule has 96 valence electrons. The van der Waals surface area contributed by atoms with Gasteiger partial charge in [0.05, 0.1) is 0 Å². The number of carboxylic acid groups (broad SMARTS) is 1. The van der Waals surface area contributed by atoms with Crippen molar-refractivity contribution in [3.8, 4) is 0 Å². The van der Waals surface area contributed by atoms with Crippen LogP contribution in [-0.2, 0) is 9.59 Å². The van der Waals surface area contributed by atoms with Crippen molar-refractivity contribution in [2.75, 3.05) is 24.3 Å². The smallest absolute Gasteiger partial charge is 0.328 e. The zero-order valence-electron chi connectivity index (χ0n) is 10.6. The molecule has 1 rings (SSSR count). The minimum atomic E-state index is -1.15. The number of nitrogens with one attached hydrogen (secondary N) is 1. The molecule has 0 aliphatic carbocycles. The lowest BCUT2D eigenvalue weighted by molar-refractivity contribution is -0.131. The summed E-state index contributed by atoms with van der Waals surface area (Å²) in [5, 5.41) is 11.0. The van der Waals surface area contributed by atoms with Gasteiger partial charge >= 0.3 is 5.97 Å². The first kappa shape index (κ1) is 13.8. The predicted octanol–water partition coefficient (Wildman–Crippen LogP) is 1.64. The Bertz CT molecular complexity index is 493. The summed E-state index contributed by atoms with van der Waals surface area (Å²) in [6.07, 6.45) is 1.79. The second kappa shape index (κ2) is 5.86. The lowest BCUT2D eigenvalue weighted by atomic mass is 10.1. The number of hydrogen-bond donors (Lipinski definition) is 2. The van der Waals surface area contributed by atoms with Crippen LogP contribution in [0, 0.1) is 6.92 Å². The molecule has 1 aromatic rings. The Balaban J connectivity index is 2.80. The third kappa shape index (κ3) is 3.93. The number of benzene rings is 1. The highest BCUT2D eigenvalue weighted by atomic mass is 16.4. The summed E-state index contributed by atoms with van der Waals surface area (Å²) in [5.74, 6) is -1.61. The van der Waals surface area contributed by atoms with E-state index < -0.39 is 11.9 Å². The molecule has 0 saturated carbocycles. The van der Waals surface area contributed by atoms with Crippen LogP contribution in [-0.4, -0.2) is 31.1 Å². The lowest BCUT2D eigenvalue weighted by Crippen LogP contribution is -2.12. The maximum Gasteiger partial charge on any atom is 0.328 e. The predicted molar refractivity (Wildman–Crippen MR) is 70.9 cm³/mol. The number of aryl methyl sites for hydroxylation is 1. The van der Waals surface area contributed by atoms with E-state index in [0.717, 1.165) is 23.4 Å². The molecule has 18 heavy (non-hydrogen) atoms. The topological polar surface area (TPSA) is 69.6 Å². The summed E-state index contributed by atoms with van der Waals surface area (Å²) in [6, 6.07) is 5.61. The molecule has 0 aliphatic heterocycles. The summed E-state index contributed by atoms with van der Waals surface area (Å²) < 4.78 is 0. The van der Waals surface area contributed by atoms with Crippen molar-refractivity contribution in [3.63, 3.8) is 0 Å². The van der Waals surface area contributed by atoms with Crippen LogP contribution in [0.1, 0.15) is 5.56 Å². The van der Waals surface area contributed by atoms with Crippen molar-refractivity contribution in [3.05, 3.63) is 35.9 Å². The molecule has 0 aliphatic rings. The normalized spacial score (nSPS) is 10.4. The minimum absolute atomic E-state index is 0.460. The number of carboxylic acids is 1. The van der Waals surface area contributed by atoms with E-state index in [2.05, 4.69) is 5.32 Å². The minimum Gasteiger partial charge on any atom is -0.478 e. The molecule has 2 N–H and O–H groups in total. The lowest BCUT2D eigenvalue weighted by Gasteiger charge is -2.15. The molecule has 0 unspecified atom stereocenters. The average Bonchev–Trinajstić information content (AvgIpc) is 2.29. The molecule has 0 fully saturated rings. The number of hydrogen-bond acceptors (Lipinski definition) is 3. The molecule has 0 atom stereocenters. The average molecular weight is 248 g/mol. The molecule has 1 amide bonds. The molecule has 0 radical (unpaired) electrons. The van der Waals surface area contributed by atoms with Gasteiger partial charge in [0.15, 0.2) is 0 Å². The fraction of sp³-hybridized carbons (Fsp3) is 0.231. The van der Waals surface area contributed by atoms with Crippen LogP contribution < -0.4 is 10.2 Å². The van der Waals surface area contributed by atoms with Gasteiger partial charge in [-0.2, -0.15) is 0 Å². The van der Waals surface area contributed by atoms with Crippen molar-refractivity contribution in [2.45, 2.75) is 6.92 Å². The SMILES string of the molecule is Cc1cc(N(C)C)ccc1NC(=O)/C=C/C(=O)O. The molecule has 0 aromatic heterocycles. The van der Waals surface area contributed by atoms with Gasteiger partial charge in [0, 0.05) is 37.6 Å². The van der Waals surface area contributed by atoms with E-state index in [-0.39, 0.29) is 0 Å². The summed E-state index contributed by atoms with van der Waals surface area (Å²) >= 11 is 0. The number of carbonyl (C=O) groups is 2. The van der Waals surface area contributed by atoms with Crippen LogP contribution in [0.4, 0.5) is 11.4 Å². The first-order chi connectivity index (χ1) is 8.40. The molecular formula is C13H16N2O3. The number of carbonyl (C=O) groups excluding carboxylic acids is 1. The number of aliphatic carboxylic acids is 1. The molecule has 0 heterocycles. The largest absolute Gasteiger partial charge is 0.478 e. The van der Waals surface area contributed by atoms with Gasteiger partial charge in [-0.15, -0.1) is 0 Å². The quantitative estimate of drug-likeness (QED) is 0.795. The van der Waals surface area contributed by atoms with E-state index in [0.29, 0.717) is 5.69 Å². The number of rotatable bonds is 4. The van der Waals surface area contributed by atoms with Gasteiger partial charge in [0.2, 0.25) is 5.91 Å². The third-order valence-electron chi connectivity index (χ3n) is 2.36. The van der Waals surface area contributed by atoms with Crippen molar-refractivity contribution in [1.82, 2.24) is 0 Å². The summed E-state index contributed by atoms with van der Waals surface area (Å²) in [6.45, 7) is 1.88. The first-order valence-corrected chi connectivity index (χ1v) is 5.40. The summed E-state index contributed by atoms with van der Waals surface area (Å²) in [5.41, 5.74) is 2.62. The zero-order chi connectivity index (χ0) is 13.7. The van der Waals surface area contributed by atoms with Crippen molar-refractivity contribution < 1.29 is 14.7 Å². The highest BCUT2D eigenvalue weighted by Gasteiger charge is 2.04. The van der Waals surface area contributed by atoms with Crippen LogP contribution >= 0.6 is 0 Å². The van der Waals surface area contributed by atoms with Gasteiger partial charge < -0.3 is 15.3 Å². The molecule has 1 aromatic carbocycles. The van der Waals surface area contributed by atoms with E-state index in [1.165, 1.54) is 0 Å². The highest BCUT2D eigenvalue weighted by molar-refractivity contribution is 6.02. The fourth-order valence-corrected chi connectivity index (χ4v) is 1.39. The Labute approximate surface area is 106 Å². The Kier molecular flexibility index (Phi) is 4.48. The fourth-order valence-electron chi connectivity index (χ4n) is 1.39. The molecule has 0 bridgehead atoms. The summed E-state index contributed by atoms with van der Waals surface area (Å²) in [4.78, 5) is 23.6. The van der Waals surface area contributed by atoms with Gasteiger partial charge in [-0.05, 0) is 30.7 Å². The number of amides is 1. The van der Waals surface area contributed by atoms with Crippen LogP contribution in [0.5, 0.6) is 0 Å². The Morgan fingerprint density at radius 3 is 2.44 bits per heavy atom. The standard InChI is InChI=1S/C13H16N2O3/c1-9-8-10(15(2)3)4-5-11(9)14-12(16)6-7-13(17)18/h4-8H,1-3H3,(H,14,16)(H,17,18)/b7-6+. The number of anilines is 2. The van der Waals surface area contributed by atoms with Crippen molar-refractivity contribution in [2.24, 2.45) is 0 Å². The first-order valence-electron chi connectivity index (χ1n) is 5.40. The Hall–Kier alpha value is -2.30. The van der Waals surface area contributed by atoms with Gasteiger partial charge in [-0.25, -0.2) is 4.79 Å². The van der Waals surface area contributed by atoms with Gasteiger partial charge in [0.1, 0.15) is 0 Å². The molecule has 0 spiro atoms. The van der Waals surface area contributed by atoms with Gasteiger partial charge in [-0.1, -0.05) is 0 Å². The molecule has 5 nitrogen and oxygen atoms in total. The second-order valence-corrected chi connectivity index (χ2v) is 4.05. The maximum absolute atomic E-state index is 11.4. The third-order valence-corrected chi connectivity index (χ3v) is 2.36. The van der Waals surface area contributed by atoms with Gasteiger partial charge in [0.25, 0.3) is 0 Å². The summed E-state index contributed by atoms with van der Waals surface area (Å²) in [7, 11) is 3.87. The van der Waals surface area contributed by atoms with Crippen molar-refractivity contribution >= 4 is 23.3 Å². The zero-order valence-corrected chi connectivity index (χ0v) is 10.6. The Morgan fingerprint density at radius 2 is 1.94 bits per heavy atom. The molecular weight excluding hydrogens is 232 g/mol. The van der Waals surface area contributed by atoms with E-state index in [1.807, 2.05) is 38.1 Å². The van der Waals surface area contributed by atoms with Gasteiger partial charge in [-0.3, -0.25) is 4.79 Å². The van der Waals surface area contributed by atoms with Crippen LogP contribution in [0.3, 0.4) is 0 Å². The Morgan fingerprint density at radius 1 is 1.28 bits per heavy atom. The van der Waals surface area contributed by atoms with E-state index in [4.69, 9.17) is 5.11 Å². The van der Waals surface area contributed by atoms with Crippen LogP contribution in [0.25, 0.3) is 0 Å². The number of nitrogens with zero attached hydrogens (tertiary/aromatic N) is 1. The van der Waals surface area contributed by atoms with E-state index >= 15 is 0 Å².